The van der Waals surface area contributed by atoms with Gasteiger partial charge in [0, 0.05) is 27.0 Å². The summed E-state index contributed by atoms with van der Waals surface area (Å²) in [5, 5.41) is 14.7. The number of aromatic nitrogens is 2. The first-order chi connectivity index (χ1) is 13.7. The fraction of sp³-hybridized carbons (Fsp3) is 0.0455. The summed E-state index contributed by atoms with van der Waals surface area (Å²) >= 11 is 5.95. The molecule has 0 aliphatic rings. The Bertz CT molecular complexity index is 1140. The molecular weight excluding hydrogens is 374 g/mol. The molecule has 1 N–H and O–H groups in total. The third-order valence-corrected chi connectivity index (χ3v) is 4.63. The summed E-state index contributed by atoms with van der Waals surface area (Å²) in [5.74, 6) is 0.290. The first kappa shape index (κ1) is 17.9. The maximum absolute atomic E-state index is 11.6. The zero-order valence-corrected chi connectivity index (χ0v) is 15.8. The molecule has 6 heteroatoms. The molecule has 0 aliphatic carbocycles. The first-order valence-electron chi connectivity index (χ1n) is 8.62. The maximum Gasteiger partial charge on any atom is 0.337 e. The van der Waals surface area contributed by atoms with Crippen LogP contribution in [0.1, 0.15) is 10.4 Å². The van der Waals surface area contributed by atoms with Gasteiger partial charge in [-0.3, -0.25) is 0 Å². The maximum atomic E-state index is 11.6. The van der Waals surface area contributed by atoms with Gasteiger partial charge >= 0.3 is 5.97 Å². The van der Waals surface area contributed by atoms with Crippen LogP contribution in [0.4, 0.5) is 11.5 Å². The van der Waals surface area contributed by atoms with Crippen LogP contribution in [0.15, 0.2) is 72.8 Å². The lowest BCUT2D eigenvalue weighted by Crippen LogP contribution is -2.01. The number of rotatable bonds is 4. The Morgan fingerprint density at radius 3 is 2.25 bits per heavy atom. The number of esters is 1. The third-order valence-electron chi connectivity index (χ3n) is 4.37. The van der Waals surface area contributed by atoms with Gasteiger partial charge in [0.2, 0.25) is 0 Å². The van der Waals surface area contributed by atoms with E-state index in [1.165, 1.54) is 7.11 Å². The van der Waals surface area contributed by atoms with Gasteiger partial charge in [0.05, 0.1) is 12.7 Å². The van der Waals surface area contributed by atoms with Crippen molar-refractivity contribution in [2.75, 3.05) is 12.4 Å². The average molecular weight is 390 g/mol. The smallest absolute Gasteiger partial charge is 0.337 e. The summed E-state index contributed by atoms with van der Waals surface area (Å²) in [7, 11) is 1.36. The number of hydrogen-bond acceptors (Lipinski definition) is 5. The fourth-order valence-corrected chi connectivity index (χ4v) is 3.09. The lowest BCUT2D eigenvalue weighted by atomic mass is 10.0. The number of nitrogens with one attached hydrogen (secondary N) is 1. The minimum Gasteiger partial charge on any atom is -0.465 e. The molecule has 0 spiro atoms. The van der Waals surface area contributed by atoms with Crippen molar-refractivity contribution < 1.29 is 9.53 Å². The SMILES string of the molecule is COC(=O)c1ccc(-c2nnc(Nc3ccc(Cl)cc3)c3ccccc23)cc1. The van der Waals surface area contributed by atoms with Crippen molar-refractivity contribution >= 4 is 39.8 Å². The zero-order valence-electron chi connectivity index (χ0n) is 15.0. The van der Waals surface area contributed by atoms with E-state index in [9.17, 15) is 4.79 Å². The van der Waals surface area contributed by atoms with Crippen LogP contribution in [-0.4, -0.2) is 23.3 Å². The summed E-state index contributed by atoms with van der Waals surface area (Å²) in [4.78, 5) is 11.6. The molecule has 0 saturated carbocycles. The number of carbonyl (C=O) groups is 1. The van der Waals surface area contributed by atoms with Crippen LogP contribution in [0.5, 0.6) is 0 Å². The molecular formula is C22H16ClN3O2. The molecule has 0 fully saturated rings. The van der Waals surface area contributed by atoms with E-state index in [-0.39, 0.29) is 5.97 Å². The average Bonchev–Trinajstić information content (AvgIpc) is 2.75. The third kappa shape index (κ3) is 3.52. The summed E-state index contributed by atoms with van der Waals surface area (Å²) < 4.78 is 4.75. The Morgan fingerprint density at radius 2 is 1.57 bits per heavy atom. The van der Waals surface area contributed by atoms with Crippen molar-refractivity contribution in [3.05, 3.63) is 83.4 Å². The number of hydrogen-bond donors (Lipinski definition) is 1. The van der Waals surface area contributed by atoms with E-state index >= 15 is 0 Å². The highest BCUT2D eigenvalue weighted by molar-refractivity contribution is 6.30. The number of ether oxygens (including phenoxy) is 1. The molecule has 0 atom stereocenters. The Kier molecular flexibility index (Phi) is 4.91. The topological polar surface area (TPSA) is 64.1 Å². The predicted octanol–water partition coefficient (Wildman–Crippen LogP) is 5.48. The van der Waals surface area contributed by atoms with Gasteiger partial charge in [-0.05, 0) is 36.4 Å². The Balaban J connectivity index is 1.75. The molecule has 0 saturated heterocycles. The van der Waals surface area contributed by atoms with E-state index < -0.39 is 0 Å². The molecule has 0 radical (unpaired) electrons. The molecule has 1 heterocycles. The molecule has 4 rings (SSSR count). The van der Waals surface area contributed by atoms with Gasteiger partial charge in [-0.25, -0.2) is 4.79 Å². The molecule has 28 heavy (non-hydrogen) atoms. The molecule has 0 aliphatic heterocycles. The monoisotopic (exact) mass is 389 g/mol. The van der Waals surface area contributed by atoms with Gasteiger partial charge < -0.3 is 10.1 Å². The van der Waals surface area contributed by atoms with Crippen molar-refractivity contribution in [1.82, 2.24) is 10.2 Å². The second-order valence-corrected chi connectivity index (χ2v) is 6.58. The molecule has 0 bridgehead atoms. The van der Waals surface area contributed by atoms with Crippen LogP contribution in [0.25, 0.3) is 22.0 Å². The first-order valence-corrected chi connectivity index (χ1v) is 9.00. The van der Waals surface area contributed by atoms with Crippen LogP contribution in [0.3, 0.4) is 0 Å². The van der Waals surface area contributed by atoms with Crippen molar-refractivity contribution in [2.45, 2.75) is 0 Å². The molecule has 3 aromatic carbocycles. The summed E-state index contributed by atoms with van der Waals surface area (Å²) in [5.41, 5.74) is 2.98. The Hall–Kier alpha value is -3.44. The minimum absolute atomic E-state index is 0.370. The van der Waals surface area contributed by atoms with Crippen LogP contribution < -0.4 is 5.32 Å². The number of benzene rings is 3. The van der Waals surface area contributed by atoms with E-state index in [0.29, 0.717) is 16.4 Å². The van der Waals surface area contributed by atoms with Crippen LogP contribution in [-0.2, 0) is 4.74 Å². The molecule has 4 aromatic rings. The second kappa shape index (κ2) is 7.66. The van der Waals surface area contributed by atoms with E-state index in [0.717, 1.165) is 27.7 Å². The van der Waals surface area contributed by atoms with Gasteiger partial charge in [0.1, 0.15) is 5.69 Å². The standard InChI is InChI=1S/C22H16ClN3O2/c1-28-22(27)15-8-6-14(7-9-15)20-18-4-2-3-5-19(18)21(26-25-20)24-17-12-10-16(23)11-13-17/h2-13H,1H3,(H,24,26). The lowest BCUT2D eigenvalue weighted by Gasteiger charge is -2.11. The van der Waals surface area contributed by atoms with Crippen molar-refractivity contribution in [3.8, 4) is 11.3 Å². The number of carbonyl (C=O) groups excluding carboxylic acids is 1. The number of fused-ring (bicyclic) bond motifs is 1. The number of anilines is 2. The minimum atomic E-state index is -0.370. The van der Waals surface area contributed by atoms with Gasteiger partial charge in [-0.2, -0.15) is 0 Å². The molecule has 0 unspecified atom stereocenters. The van der Waals surface area contributed by atoms with Gasteiger partial charge in [0.25, 0.3) is 0 Å². The van der Waals surface area contributed by atoms with Crippen molar-refractivity contribution in [3.63, 3.8) is 0 Å². The Labute approximate surface area is 166 Å². The van der Waals surface area contributed by atoms with Crippen molar-refractivity contribution in [1.29, 1.82) is 0 Å². The van der Waals surface area contributed by atoms with E-state index in [2.05, 4.69) is 15.5 Å². The largest absolute Gasteiger partial charge is 0.465 e. The second-order valence-electron chi connectivity index (χ2n) is 6.14. The quantitative estimate of drug-likeness (QED) is 0.468. The number of methoxy groups -OCH3 is 1. The lowest BCUT2D eigenvalue weighted by molar-refractivity contribution is 0.0601. The molecule has 5 nitrogen and oxygen atoms in total. The van der Waals surface area contributed by atoms with Crippen LogP contribution >= 0.6 is 11.6 Å². The van der Waals surface area contributed by atoms with E-state index in [4.69, 9.17) is 16.3 Å². The van der Waals surface area contributed by atoms with Crippen molar-refractivity contribution in [2.24, 2.45) is 0 Å². The zero-order chi connectivity index (χ0) is 19.5. The van der Waals surface area contributed by atoms with E-state index in [1.807, 2.05) is 60.7 Å². The highest BCUT2D eigenvalue weighted by Gasteiger charge is 2.12. The van der Waals surface area contributed by atoms with Gasteiger partial charge in [-0.15, -0.1) is 10.2 Å². The number of halogens is 1. The summed E-state index contributed by atoms with van der Waals surface area (Å²) in [6, 6.07) is 22.4. The highest BCUT2D eigenvalue weighted by atomic mass is 35.5. The van der Waals surface area contributed by atoms with Crippen LogP contribution in [0, 0.1) is 0 Å². The number of nitrogens with zero attached hydrogens (tertiary/aromatic N) is 2. The van der Waals surface area contributed by atoms with E-state index in [1.54, 1.807) is 12.1 Å². The highest BCUT2D eigenvalue weighted by Crippen LogP contribution is 2.31. The summed E-state index contributed by atoms with van der Waals surface area (Å²) in [6.45, 7) is 0. The fourth-order valence-electron chi connectivity index (χ4n) is 2.96. The normalized spacial score (nSPS) is 10.6. The summed E-state index contributed by atoms with van der Waals surface area (Å²) in [6.07, 6.45) is 0. The Morgan fingerprint density at radius 1 is 0.893 bits per heavy atom. The molecule has 0 amide bonds. The predicted molar refractivity (Wildman–Crippen MR) is 111 cm³/mol. The molecule has 1 aromatic heterocycles. The van der Waals surface area contributed by atoms with Gasteiger partial charge in [-0.1, -0.05) is 48.0 Å². The van der Waals surface area contributed by atoms with Crippen LogP contribution in [0.2, 0.25) is 5.02 Å². The molecule has 138 valence electrons. The van der Waals surface area contributed by atoms with Gasteiger partial charge in [0.15, 0.2) is 5.82 Å².